The Morgan fingerprint density at radius 1 is 0.692 bits per heavy atom. The van der Waals surface area contributed by atoms with Gasteiger partial charge in [0.05, 0.1) is 13.2 Å². The second-order valence-electron chi connectivity index (χ2n) is 4.94. The smallest absolute Gasteiger partial charge is 0.0504 e. The summed E-state index contributed by atoms with van der Waals surface area (Å²) >= 11 is 0. The van der Waals surface area contributed by atoms with Crippen molar-refractivity contribution in [3.05, 3.63) is 24.3 Å². The second kappa shape index (κ2) is 2.09. The molecule has 5 rings (SSSR count). The molecular formula is C12H14O. The fourth-order valence-electron chi connectivity index (χ4n) is 3.89. The average Bonchev–Trinajstić information content (AvgIpc) is 2.53. The van der Waals surface area contributed by atoms with Gasteiger partial charge in [-0.2, -0.15) is 0 Å². The molecule has 0 N–H and O–H groups in total. The Bertz CT molecular complexity index is 276. The molecule has 2 bridgehead atoms. The molecule has 13 heavy (non-hydrogen) atoms. The zero-order valence-electron chi connectivity index (χ0n) is 7.60. The van der Waals surface area contributed by atoms with Gasteiger partial charge in [-0.3, -0.25) is 0 Å². The summed E-state index contributed by atoms with van der Waals surface area (Å²) in [6.45, 7) is 2.04. The minimum atomic E-state index is 0.812. The molecule has 1 nitrogen and oxygen atoms in total. The maximum atomic E-state index is 5.63. The van der Waals surface area contributed by atoms with Crippen LogP contribution in [0.3, 0.4) is 0 Å². The van der Waals surface area contributed by atoms with Gasteiger partial charge in [0, 0.05) is 0 Å². The first-order chi connectivity index (χ1) is 6.45. The van der Waals surface area contributed by atoms with Crippen LogP contribution in [0.5, 0.6) is 0 Å². The fraction of sp³-hybridized carbons (Fsp3) is 0.667. The zero-order valence-corrected chi connectivity index (χ0v) is 7.60. The Labute approximate surface area is 78.5 Å². The largest absolute Gasteiger partial charge is 0.381 e. The van der Waals surface area contributed by atoms with Crippen molar-refractivity contribution in [1.82, 2.24) is 0 Å². The van der Waals surface area contributed by atoms with Gasteiger partial charge in [-0.15, -0.1) is 0 Å². The fourth-order valence-corrected chi connectivity index (χ4v) is 3.89. The second-order valence-corrected chi connectivity index (χ2v) is 4.94. The van der Waals surface area contributed by atoms with E-state index < -0.39 is 0 Å². The monoisotopic (exact) mass is 174 g/mol. The minimum Gasteiger partial charge on any atom is -0.381 e. The number of hydrogen-bond donors (Lipinski definition) is 0. The molecule has 0 aromatic heterocycles. The summed E-state index contributed by atoms with van der Waals surface area (Å²) < 4.78 is 5.63. The van der Waals surface area contributed by atoms with Crippen LogP contribution >= 0.6 is 0 Å². The first-order valence-corrected chi connectivity index (χ1v) is 5.39. The normalized spacial score (nSPS) is 60.3. The highest BCUT2D eigenvalue weighted by Crippen LogP contribution is 2.57. The van der Waals surface area contributed by atoms with E-state index in [1.807, 2.05) is 0 Å². The molecule has 5 aliphatic rings. The van der Waals surface area contributed by atoms with Gasteiger partial charge in [-0.05, 0) is 35.5 Å². The Hall–Kier alpha value is -0.560. The maximum Gasteiger partial charge on any atom is 0.0504 e. The lowest BCUT2D eigenvalue weighted by molar-refractivity contribution is 0.0672. The number of rotatable bonds is 0. The quantitative estimate of drug-likeness (QED) is 0.509. The van der Waals surface area contributed by atoms with Gasteiger partial charge in [0.1, 0.15) is 0 Å². The summed E-state index contributed by atoms with van der Waals surface area (Å²) in [6.07, 6.45) is 9.76. The molecule has 1 heterocycles. The molecule has 68 valence electrons. The van der Waals surface area contributed by atoms with Gasteiger partial charge in [-0.25, -0.2) is 0 Å². The van der Waals surface area contributed by atoms with Crippen molar-refractivity contribution in [3.8, 4) is 0 Å². The Kier molecular flexibility index (Phi) is 1.10. The number of hydrogen-bond acceptors (Lipinski definition) is 1. The summed E-state index contributed by atoms with van der Waals surface area (Å²) in [5, 5.41) is 0. The van der Waals surface area contributed by atoms with Gasteiger partial charge in [0.15, 0.2) is 0 Å². The summed E-state index contributed by atoms with van der Waals surface area (Å²) in [5.41, 5.74) is 0. The third-order valence-electron chi connectivity index (χ3n) is 4.60. The van der Waals surface area contributed by atoms with Crippen LogP contribution in [0.4, 0.5) is 0 Å². The molecule has 4 aliphatic carbocycles. The summed E-state index contributed by atoms with van der Waals surface area (Å²) in [7, 11) is 0. The van der Waals surface area contributed by atoms with Crippen LogP contribution in [-0.2, 0) is 4.74 Å². The summed E-state index contributed by atoms with van der Waals surface area (Å²) in [4.78, 5) is 0. The van der Waals surface area contributed by atoms with Crippen LogP contribution in [0.25, 0.3) is 0 Å². The molecule has 1 heteroatoms. The van der Waals surface area contributed by atoms with Gasteiger partial charge in [-0.1, -0.05) is 24.3 Å². The third-order valence-corrected chi connectivity index (χ3v) is 4.60. The Morgan fingerprint density at radius 2 is 1.15 bits per heavy atom. The molecule has 1 saturated carbocycles. The van der Waals surface area contributed by atoms with Crippen LogP contribution in [0.1, 0.15) is 0 Å². The van der Waals surface area contributed by atoms with Crippen LogP contribution in [0, 0.1) is 35.5 Å². The maximum absolute atomic E-state index is 5.63. The molecule has 6 atom stereocenters. The highest BCUT2D eigenvalue weighted by molar-refractivity contribution is 5.28. The van der Waals surface area contributed by atoms with Crippen molar-refractivity contribution < 1.29 is 4.74 Å². The van der Waals surface area contributed by atoms with E-state index in [2.05, 4.69) is 24.3 Å². The van der Waals surface area contributed by atoms with Gasteiger partial charge >= 0.3 is 0 Å². The predicted molar refractivity (Wildman–Crippen MR) is 50.0 cm³/mol. The molecule has 1 saturated heterocycles. The van der Waals surface area contributed by atoms with Crippen LogP contribution in [0.2, 0.25) is 0 Å². The van der Waals surface area contributed by atoms with Crippen LogP contribution in [0.15, 0.2) is 24.3 Å². The molecule has 0 amide bonds. The van der Waals surface area contributed by atoms with E-state index in [0.717, 1.165) is 48.7 Å². The van der Waals surface area contributed by atoms with Crippen molar-refractivity contribution in [1.29, 1.82) is 0 Å². The van der Waals surface area contributed by atoms with Crippen LogP contribution in [-0.4, -0.2) is 13.2 Å². The lowest BCUT2D eigenvalue weighted by Gasteiger charge is -2.53. The highest BCUT2D eigenvalue weighted by Gasteiger charge is 2.54. The number of allylic oxidation sites excluding steroid dienone is 4. The van der Waals surface area contributed by atoms with Crippen molar-refractivity contribution in [2.45, 2.75) is 0 Å². The topological polar surface area (TPSA) is 9.23 Å². The lowest BCUT2D eigenvalue weighted by Crippen LogP contribution is -2.49. The van der Waals surface area contributed by atoms with E-state index in [1.165, 1.54) is 0 Å². The van der Waals surface area contributed by atoms with Gasteiger partial charge in [0.2, 0.25) is 0 Å². The van der Waals surface area contributed by atoms with Crippen molar-refractivity contribution in [3.63, 3.8) is 0 Å². The van der Waals surface area contributed by atoms with E-state index in [1.54, 1.807) is 0 Å². The van der Waals surface area contributed by atoms with E-state index in [0.29, 0.717) is 0 Å². The molecule has 0 aromatic carbocycles. The van der Waals surface area contributed by atoms with Gasteiger partial charge in [0.25, 0.3) is 0 Å². The highest BCUT2D eigenvalue weighted by atomic mass is 16.5. The van der Waals surface area contributed by atoms with E-state index in [4.69, 9.17) is 4.74 Å². The number of ether oxygens (including phenoxy) is 1. The van der Waals surface area contributed by atoms with E-state index >= 15 is 0 Å². The average molecular weight is 174 g/mol. The lowest BCUT2D eigenvalue weighted by atomic mass is 9.50. The van der Waals surface area contributed by atoms with Crippen molar-refractivity contribution in [2.75, 3.05) is 13.2 Å². The third kappa shape index (κ3) is 0.655. The molecule has 0 aromatic rings. The Balaban J connectivity index is 1.83. The Morgan fingerprint density at radius 3 is 1.62 bits per heavy atom. The van der Waals surface area contributed by atoms with Crippen molar-refractivity contribution in [2.24, 2.45) is 35.5 Å². The molecular weight excluding hydrogens is 160 g/mol. The first-order valence-electron chi connectivity index (χ1n) is 5.39. The zero-order chi connectivity index (χ0) is 8.41. The standard InChI is InChI=1S/C12H14O/c1-2-8-7(1)9-3-4-10(8)12-6-13-5-11(9)12/h1-4,7-12H,5-6H2/t7-,8-,9-,10+,11-,12+/m1/s1. The van der Waals surface area contributed by atoms with Crippen LogP contribution < -0.4 is 0 Å². The predicted octanol–water partition coefficient (Wildman–Crippen LogP) is 1.87. The summed E-state index contributed by atoms with van der Waals surface area (Å²) in [5.74, 6) is 5.07. The van der Waals surface area contributed by atoms with Crippen molar-refractivity contribution >= 4 is 0 Å². The minimum absolute atomic E-state index is 0.812. The van der Waals surface area contributed by atoms with Gasteiger partial charge < -0.3 is 4.74 Å². The van der Waals surface area contributed by atoms with E-state index in [9.17, 15) is 0 Å². The molecule has 0 unspecified atom stereocenters. The van der Waals surface area contributed by atoms with E-state index in [-0.39, 0.29) is 0 Å². The SMILES string of the molecule is C1=C[C@@H]2[C@@H]1[C@H]1C=C[C@@H]2[C@@H]2COC[C@H]12. The molecule has 1 aliphatic heterocycles. The summed E-state index contributed by atoms with van der Waals surface area (Å²) in [6, 6.07) is 0. The first kappa shape index (κ1) is 6.83. The molecule has 0 spiro atoms. The molecule has 0 radical (unpaired) electrons. The molecule has 2 fully saturated rings.